The van der Waals surface area contributed by atoms with Crippen molar-refractivity contribution in [1.29, 1.82) is 0 Å². The van der Waals surface area contributed by atoms with Gasteiger partial charge in [-0.05, 0) is 24.6 Å². The Hall–Kier alpha value is -2.02. The zero-order valence-electron chi connectivity index (χ0n) is 10.6. The van der Waals surface area contributed by atoms with E-state index in [1.165, 1.54) is 11.8 Å². The second-order valence-electron chi connectivity index (χ2n) is 4.00. The molecular weight excluding hydrogens is 264 g/mol. The highest BCUT2D eigenvalue weighted by atomic mass is 32.2. The van der Waals surface area contributed by atoms with Gasteiger partial charge in [-0.3, -0.25) is 10.1 Å². The van der Waals surface area contributed by atoms with Gasteiger partial charge in [0, 0.05) is 17.5 Å². The van der Waals surface area contributed by atoms with Crippen molar-refractivity contribution in [3.63, 3.8) is 0 Å². The van der Waals surface area contributed by atoms with Crippen LogP contribution < -0.4 is 11.1 Å². The largest absolute Gasteiger partial charge is 0.408 e. The van der Waals surface area contributed by atoms with E-state index < -0.39 is 0 Å². The Balaban J connectivity index is 1.89. The predicted molar refractivity (Wildman–Crippen MR) is 74.0 cm³/mol. The molecular formula is C12H14N4O2S. The molecule has 0 saturated carbocycles. The van der Waals surface area contributed by atoms with E-state index in [0.717, 1.165) is 10.5 Å². The topological polar surface area (TPSA) is 94.0 Å². The summed E-state index contributed by atoms with van der Waals surface area (Å²) in [5.74, 6) is 0.425. The maximum atomic E-state index is 11.7. The number of anilines is 2. The fourth-order valence-corrected chi connectivity index (χ4v) is 2.19. The molecule has 0 aliphatic carbocycles. The molecule has 0 aliphatic rings. The summed E-state index contributed by atoms with van der Waals surface area (Å²) in [4.78, 5) is 12.6. The van der Waals surface area contributed by atoms with E-state index in [1.807, 2.05) is 25.1 Å². The Morgan fingerprint density at radius 3 is 2.84 bits per heavy atom. The number of hydrogen-bond acceptors (Lipinski definition) is 6. The number of carbonyl (C=O) groups excluding carboxylic acids is 1. The Morgan fingerprint density at radius 1 is 1.42 bits per heavy atom. The third kappa shape index (κ3) is 3.72. The fourth-order valence-electron chi connectivity index (χ4n) is 1.45. The van der Waals surface area contributed by atoms with Crippen molar-refractivity contribution in [2.45, 2.75) is 18.7 Å². The summed E-state index contributed by atoms with van der Waals surface area (Å²) in [6, 6.07) is 5.85. The minimum atomic E-state index is -0.214. The highest BCUT2D eigenvalue weighted by Crippen LogP contribution is 2.25. The average Bonchev–Trinajstić information content (AvgIpc) is 2.73. The van der Waals surface area contributed by atoms with Crippen LogP contribution in [0.2, 0.25) is 0 Å². The standard InChI is InChI=1S/C12H14N4O2S/c1-7-3-4-10(9(13)5-7)19-6-11(17)14-12-16-15-8(2)18-12/h3-5H,6,13H2,1-2H3,(H,14,16,17). The first-order chi connectivity index (χ1) is 9.04. The van der Waals surface area contributed by atoms with E-state index >= 15 is 0 Å². The van der Waals surface area contributed by atoms with Crippen molar-refractivity contribution in [1.82, 2.24) is 10.2 Å². The van der Waals surface area contributed by atoms with Crippen LogP contribution in [0.4, 0.5) is 11.7 Å². The normalized spacial score (nSPS) is 10.4. The fraction of sp³-hybridized carbons (Fsp3) is 0.250. The molecule has 0 bridgehead atoms. The van der Waals surface area contributed by atoms with Crippen molar-refractivity contribution < 1.29 is 9.21 Å². The van der Waals surface area contributed by atoms with E-state index in [4.69, 9.17) is 10.2 Å². The molecule has 3 N–H and O–H groups in total. The summed E-state index contributed by atoms with van der Waals surface area (Å²) in [6.07, 6.45) is 0. The van der Waals surface area contributed by atoms with Gasteiger partial charge in [0.1, 0.15) is 0 Å². The van der Waals surface area contributed by atoms with Crippen molar-refractivity contribution >= 4 is 29.4 Å². The number of aryl methyl sites for hydroxylation is 2. The SMILES string of the molecule is Cc1ccc(SCC(=O)Nc2nnc(C)o2)c(N)c1. The van der Waals surface area contributed by atoms with Gasteiger partial charge >= 0.3 is 6.01 Å². The Kier molecular flexibility index (Phi) is 4.06. The second kappa shape index (κ2) is 5.75. The van der Waals surface area contributed by atoms with Crippen LogP contribution in [0.5, 0.6) is 0 Å². The molecule has 1 aromatic heterocycles. The molecule has 0 spiro atoms. The molecule has 2 aromatic rings. The van der Waals surface area contributed by atoms with Gasteiger partial charge in [-0.15, -0.1) is 16.9 Å². The number of nitrogens with two attached hydrogens (primary N) is 1. The van der Waals surface area contributed by atoms with E-state index in [2.05, 4.69) is 15.5 Å². The molecule has 1 amide bonds. The summed E-state index contributed by atoms with van der Waals surface area (Å²) < 4.78 is 5.06. The number of rotatable bonds is 4. The number of amides is 1. The van der Waals surface area contributed by atoms with Gasteiger partial charge in [0.2, 0.25) is 11.8 Å². The van der Waals surface area contributed by atoms with Gasteiger partial charge in [-0.2, -0.15) is 0 Å². The first-order valence-corrected chi connectivity index (χ1v) is 6.62. The molecule has 0 atom stereocenters. The number of carbonyl (C=O) groups is 1. The molecule has 19 heavy (non-hydrogen) atoms. The molecule has 1 heterocycles. The van der Waals surface area contributed by atoms with Crippen LogP contribution in [0, 0.1) is 13.8 Å². The van der Waals surface area contributed by atoms with Gasteiger partial charge in [0.05, 0.1) is 5.75 Å². The van der Waals surface area contributed by atoms with Gasteiger partial charge in [0.15, 0.2) is 0 Å². The molecule has 0 saturated heterocycles. The van der Waals surface area contributed by atoms with Gasteiger partial charge < -0.3 is 10.2 Å². The van der Waals surface area contributed by atoms with Gasteiger partial charge in [-0.25, -0.2) is 0 Å². The monoisotopic (exact) mass is 278 g/mol. The van der Waals surface area contributed by atoms with Crippen molar-refractivity contribution in [3.05, 3.63) is 29.7 Å². The summed E-state index contributed by atoms with van der Waals surface area (Å²) in [7, 11) is 0. The number of nitrogens with one attached hydrogen (secondary N) is 1. The Labute approximate surface area is 114 Å². The minimum Gasteiger partial charge on any atom is -0.408 e. The molecule has 2 rings (SSSR count). The summed E-state index contributed by atoms with van der Waals surface area (Å²) >= 11 is 1.36. The molecule has 1 aromatic carbocycles. The summed E-state index contributed by atoms with van der Waals surface area (Å²) in [6.45, 7) is 3.62. The first kappa shape index (κ1) is 13.4. The number of thioether (sulfide) groups is 1. The second-order valence-corrected chi connectivity index (χ2v) is 5.02. The van der Waals surface area contributed by atoms with Crippen LogP contribution in [-0.2, 0) is 4.79 Å². The minimum absolute atomic E-state index is 0.111. The Bertz CT molecular complexity index is 597. The van der Waals surface area contributed by atoms with Crippen molar-refractivity contribution in [2.75, 3.05) is 16.8 Å². The van der Waals surface area contributed by atoms with Crippen LogP contribution in [0.3, 0.4) is 0 Å². The zero-order valence-corrected chi connectivity index (χ0v) is 11.5. The molecule has 0 fully saturated rings. The lowest BCUT2D eigenvalue weighted by molar-refractivity contribution is -0.113. The van der Waals surface area contributed by atoms with Crippen molar-refractivity contribution in [3.8, 4) is 0 Å². The molecule has 0 aliphatic heterocycles. The van der Waals surface area contributed by atoms with Gasteiger partial charge in [0.25, 0.3) is 0 Å². The Morgan fingerprint density at radius 2 is 2.21 bits per heavy atom. The lowest BCUT2D eigenvalue weighted by atomic mass is 10.2. The quantitative estimate of drug-likeness (QED) is 0.656. The van der Waals surface area contributed by atoms with E-state index in [-0.39, 0.29) is 17.7 Å². The van der Waals surface area contributed by atoms with Crippen LogP contribution in [0.15, 0.2) is 27.5 Å². The third-order valence-electron chi connectivity index (χ3n) is 2.30. The van der Waals surface area contributed by atoms with E-state index in [1.54, 1.807) is 6.92 Å². The molecule has 7 heteroatoms. The van der Waals surface area contributed by atoms with E-state index in [9.17, 15) is 4.79 Å². The van der Waals surface area contributed by atoms with Gasteiger partial charge in [-0.1, -0.05) is 11.2 Å². The van der Waals surface area contributed by atoms with Crippen LogP contribution in [-0.4, -0.2) is 21.9 Å². The number of aromatic nitrogens is 2. The molecule has 0 unspecified atom stereocenters. The van der Waals surface area contributed by atoms with Crippen LogP contribution in [0.1, 0.15) is 11.5 Å². The van der Waals surface area contributed by atoms with E-state index in [0.29, 0.717) is 11.6 Å². The lowest BCUT2D eigenvalue weighted by Gasteiger charge is -2.05. The highest BCUT2D eigenvalue weighted by molar-refractivity contribution is 8.00. The van der Waals surface area contributed by atoms with Crippen LogP contribution >= 0.6 is 11.8 Å². The first-order valence-electron chi connectivity index (χ1n) is 5.63. The van der Waals surface area contributed by atoms with Crippen molar-refractivity contribution in [2.24, 2.45) is 0 Å². The summed E-state index contributed by atoms with van der Waals surface area (Å²) in [5, 5.41) is 9.83. The number of benzene rings is 1. The third-order valence-corrected chi connectivity index (χ3v) is 3.39. The molecule has 0 radical (unpaired) electrons. The number of hydrogen-bond donors (Lipinski definition) is 2. The molecule has 6 nitrogen and oxygen atoms in total. The lowest BCUT2D eigenvalue weighted by Crippen LogP contribution is -2.14. The maximum absolute atomic E-state index is 11.7. The highest BCUT2D eigenvalue weighted by Gasteiger charge is 2.09. The molecule has 100 valence electrons. The predicted octanol–water partition coefficient (Wildman–Crippen LogP) is 2.00. The number of nitrogen functional groups attached to an aromatic ring is 1. The smallest absolute Gasteiger partial charge is 0.322 e. The van der Waals surface area contributed by atoms with Crippen LogP contribution in [0.25, 0.3) is 0 Å². The maximum Gasteiger partial charge on any atom is 0.322 e. The zero-order chi connectivity index (χ0) is 13.8. The summed E-state index contributed by atoms with van der Waals surface area (Å²) in [5.41, 5.74) is 7.63. The number of nitrogens with zero attached hydrogens (tertiary/aromatic N) is 2. The average molecular weight is 278 g/mol.